The molecule has 0 bridgehead atoms. The van der Waals surface area contributed by atoms with Crippen LogP contribution in [0.25, 0.3) is 10.9 Å². The smallest absolute Gasteiger partial charge is 0.305 e. The summed E-state index contributed by atoms with van der Waals surface area (Å²) in [6.07, 6.45) is -1.92. The quantitative estimate of drug-likeness (QED) is 0.0482. The molecule has 3 aromatic rings. The monoisotopic (exact) mass is 840 g/mol. The number of carbonyl (C=O) groups excluding carboxylic acids is 7. The number of hydrogen-bond donors (Lipinski definition) is 11. The Labute approximate surface area is 340 Å². The van der Waals surface area contributed by atoms with E-state index in [0.717, 1.165) is 19.1 Å². The highest BCUT2D eigenvalue weighted by Gasteiger charge is 2.32. The standard InChI is InChI=1S/C38H45FN8O13/c1-19(48)43-29(16-33(54)55)38(60)46-26(10-12-32(52)53)35(57)42-18-30(49)44-27(14-20-5-4-6-22(39)13-20)36(58)47-28(15-21-17-41-24-8-3-2-7-23(21)24)37(59)45-25(34(40)56)9-11-31(50)51/h2-8,13,17,25-29,41H,9-12,14-16,18H2,1H3,(H2,40,56)(H,42,57)(H,43,48)(H,44,49)(H,45,59)(H,46,60)(H,47,58)(H,50,51)(H,52,53)(H,54,55)/t25-,26-,27-,28-,29+/m0/s1. The fraction of sp³-hybridized carbons (Fsp3) is 0.368. The number of aliphatic carboxylic acids is 3. The zero-order chi connectivity index (χ0) is 44.5. The van der Waals surface area contributed by atoms with Crippen LogP contribution >= 0.6 is 0 Å². The number of amides is 7. The predicted octanol–water partition coefficient (Wildman–Crippen LogP) is -1.66. The van der Waals surface area contributed by atoms with Crippen molar-refractivity contribution in [2.75, 3.05) is 6.54 Å². The van der Waals surface area contributed by atoms with Crippen molar-refractivity contribution in [3.63, 3.8) is 0 Å². The number of H-pyrrole nitrogens is 1. The number of aromatic amines is 1. The normalized spacial score (nSPS) is 13.3. The maximum absolute atomic E-state index is 14.2. The third-order valence-electron chi connectivity index (χ3n) is 8.80. The van der Waals surface area contributed by atoms with Gasteiger partial charge in [0.25, 0.3) is 0 Å². The molecule has 0 radical (unpaired) electrons. The van der Waals surface area contributed by atoms with Gasteiger partial charge in [0.15, 0.2) is 0 Å². The van der Waals surface area contributed by atoms with Crippen LogP contribution in [0.15, 0.2) is 54.7 Å². The molecule has 0 fully saturated rings. The van der Waals surface area contributed by atoms with Crippen molar-refractivity contribution in [2.45, 2.75) is 82.1 Å². The number of halogens is 1. The number of carbonyl (C=O) groups is 10. The minimum atomic E-state index is -1.64. The van der Waals surface area contributed by atoms with Crippen molar-refractivity contribution < 1.29 is 67.7 Å². The van der Waals surface area contributed by atoms with E-state index in [9.17, 15) is 57.4 Å². The van der Waals surface area contributed by atoms with Crippen molar-refractivity contribution in [2.24, 2.45) is 5.73 Å². The summed E-state index contributed by atoms with van der Waals surface area (Å²) in [5, 5.41) is 41.9. The molecular formula is C38H45FN8O13. The highest BCUT2D eigenvalue weighted by atomic mass is 19.1. The maximum Gasteiger partial charge on any atom is 0.305 e. The second-order valence-corrected chi connectivity index (χ2v) is 13.5. The molecule has 12 N–H and O–H groups in total. The number of fused-ring (bicyclic) bond motifs is 1. The third-order valence-corrected chi connectivity index (χ3v) is 8.80. The van der Waals surface area contributed by atoms with Gasteiger partial charge in [0.1, 0.15) is 36.0 Å². The Morgan fingerprint density at radius 1 is 0.667 bits per heavy atom. The number of hydrogen-bond acceptors (Lipinski definition) is 10. The van der Waals surface area contributed by atoms with Crippen LogP contribution in [-0.4, -0.2) is 116 Å². The lowest BCUT2D eigenvalue weighted by Gasteiger charge is -2.25. The first-order chi connectivity index (χ1) is 28.3. The number of primary amides is 1. The van der Waals surface area contributed by atoms with Gasteiger partial charge in [-0.2, -0.15) is 0 Å². The molecule has 1 aromatic heterocycles. The lowest BCUT2D eigenvalue weighted by Crippen LogP contribution is -2.58. The van der Waals surface area contributed by atoms with Gasteiger partial charge in [-0.1, -0.05) is 30.3 Å². The summed E-state index contributed by atoms with van der Waals surface area (Å²) in [5.41, 5.74) is 6.86. The van der Waals surface area contributed by atoms with E-state index < -0.39 is 128 Å². The Bertz CT molecular complexity index is 2090. The van der Waals surface area contributed by atoms with Gasteiger partial charge in [-0.15, -0.1) is 0 Å². The van der Waals surface area contributed by atoms with Crippen LogP contribution in [0.2, 0.25) is 0 Å². The molecule has 0 saturated carbocycles. The van der Waals surface area contributed by atoms with E-state index in [1.165, 1.54) is 12.1 Å². The van der Waals surface area contributed by atoms with Crippen LogP contribution in [0.1, 0.15) is 50.2 Å². The van der Waals surface area contributed by atoms with Gasteiger partial charge < -0.3 is 57.9 Å². The van der Waals surface area contributed by atoms with Crippen LogP contribution in [0.5, 0.6) is 0 Å². The Balaban J connectivity index is 1.86. The fourth-order valence-corrected chi connectivity index (χ4v) is 5.91. The van der Waals surface area contributed by atoms with Crippen LogP contribution < -0.4 is 37.6 Å². The molecule has 0 spiro atoms. The summed E-state index contributed by atoms with van der Waals surface area (Å²) in [6, 6.07) is 4.23. The molecule has 5 atom stereocenters. The van der Waals surface area contributed by atoms with Gasteiger partial charge in [-0.25, -0.2) is 4.39 Å². The number of nitrogens with two attached hydrogens (primary N) is 1. The number of para-hydroxylation sites is 1. The van der Waals surface area contributed by atoms with Crippen molar-refractivity contribution in [1.29, 1.82) is 0 Å². The molecular weight excluding hydrogens is 795 g/mol. The van der Waals surface area contributed by atoms with E-state index in [-0.39, 0.29) is 24.8 Å². The van der Waals surface area contributed by atoms with E-state index in [2.05, 4.69) is 36.9 Å². The zero-order valence-corrected chi connectivity index (χ0v) is 32.1. The Morgan fingerprint density at radius 2 is 1.25 bits per heavy atom. The van der Waals surface area contributed by atoms with Gasteiger partial charge in [0.2, 0.25) is 41.4 Å². The highest BCUT2D eigenvalue weighted by Crippen LogP contribution is 2.20. The number of carboxylic acids is 3. The van der Waals surface area contributed by atoms with Crippen molar-refractivity contribution in [3.05, 3.63) is 71.7 Å². The summed E-state index contributed by atoms with van der Waals surface area (Å²) < 4.78 is 14.2. The second-order valence-electron chi connectivity index (χ2n) is 13.5. The highest BCUT2D eigenvalue weighted by molar-refractivity contribution is 5.97. The molecule has 322 valence electrons. The van der Waals surface area contributed by atoms with E-state index >= 15 is 0 Å². The van der Waals surface area contributed by atoms with E-state index in [0.29, 0.717) is 16.5 Å². The lowest BCUT2D eigenvalue weighted by atomic mass is 10.0. The molecule has 0 aliphatic heterocycles. The topological polar surface area (TPSA) is 345 Å². The molecule has 1 heterocycles. The fourth-order valence-electron chi connectivity index (χ4n) is 5.91. The molecule has 60 heavy (non-hydrogen) atoms. The van der Waals surface area contributed by atoms with Crippen molar-refractivity contribution >= 4 is 70.2 Å². The van der Waals surface area contributed by atoms with Crippen LogP contribution in [-0.2, 0) is 60.8 Å². The number of carboxylic acid groups (broad SMARTS) is 3. The SMILES string of the molecule is CC(=O)N[C@H](CC(=O)O)C(=O)N[C@@H](CCC(=O)O)C(=O)NCC(=O)N[C@@H](Cc1cccc(F)c1)C(=O)N[C@@H](Cc1c[nH]c2ccccc12)C(=O)N[C@@H](CCC(=O)O)C(N)=O. The maximum atomic E-state index is 14.2. The molecule has 0 saturated heterocycles. The van der Waals surface area contributed by atoms with E-state index in [1.54, 1.807) is 30.5 Å². The van der Waals surface area contributed by atoms with Crippen LogP contribution in [0, 0.1) is 5.82 Å². The van der Waals surface area contributed by atoms with Gasteiger partial charge in [0, 0.05) is 49.7 Å². The van der Waals surface area contributed by atoms with Crippen LogP contribution in [0.3, 0.4) is 0 Å². The number of benzene rings is 2. The Kier molecular flexibility index (Phi) is 17.6. The zero-order valence-electron chi connectivity index (χ0n) is 32.1. The summed E-state index contributed by atoms with van der Waals surface area (Å²) in [6.45, 7) is 0.138. The predicted molar refractivity (Wildman–Crippen MR) is 206 cm³/mol. The molecule has 7 amide bonds. The van der Waals surface area contributed by atoms with Crippen molar-refractivity contribution in [3.8, 4) is 0 Å². The van der Waals surface area contributed by atoms with Gasteiger partial charge in [-0.05, 0) is 42.2 Å². The van der Waals surface area contributed by atoms with Crippen LogP contribution in [0.4, 0.5) is 4.39 Å². The first-order valence-electron chi connectivity index (χ1n) is 18.3. The second kappa shape index (κ2) is 22.5. The number of rotatable bonds is 24. The summed E-state index contributed by atoms with van der Waals surface area (Å²) in [7, 11) is 0. The van der Waals surface area contributed by atoms with Gasteiger partial charge in [0.05, 0.1) is 13.0 Å². The van der Waals surface area contributed by atoms with Gasteiger partial charge >= 0.3 is 17.9 Å². The largest absolute Gasteiger partial charge is 0.481 e. The third kappa shape index (κ3) is 15.5. The molecule has 22 heteroatoms. The first kappa shape index (κ1) is 47.0. The van der Waals surface area contributed by atoms with E-state index in [4.69, 9.17) is 15.9 Å². The molecule has 0 unspecified atom stereocenters. The van der Waals surface area contributed by atoms with Gasteiger partial charge in [-0.3, -0.25) is 47.9 Å². The minimum Gasteiger partial charge on any atom is -0.481 e. The minimum absolute atomic E-state index is 0.193. The summed E-state index contributed by atoms with van der Waals surface area (Å²) in [4.78, 5) is 127. The summed E-state index contributed by atoms with van der Waals surface area (Å²) >= 11 is 0. The molecule has 3 rings (SSSR count). The molecule has 21 nitrogen and oxygen atoms in total. The molecule has 0 aliphatic carbocycles. The average molecular weight is 841 g/mol. The molecule has 0 aliphatic rings. The van der Waals surface area contributed by atoms with E-state index in [1.807, 2.05) is 0 Å². The molecule has 2 aromatic carbocycles. The lowest BCUT2D eigenvalue weighted by molar-refractivity contribution is -0.141. The van der Waals surface area contributed by atoms with Crippen molar-refractivity contribution in [1.82, 2.24) is 36.9 Å². The first-order valence-corrected chi connectivity index (χ1v) is 18.3. The number of aromatic nitrogens is 1. The summed E-state index contributed by atoms with van der Waals surface area (Å²) in [5.74, 6) is -11.8. The Hall–Kier alpha value is -7.39. The Morgan fingerprint density at radius 3 is 1.85 bits per heavy atom. The average Bonchev–Trinajstić information content (AvgIpc) is 3.58. The number of nitrogens with one attached hydrogen (secondary N) is 7.